The zero-order valence-corrected chi connectivity index (χ0v) is 9.78. The number of aromatic nitrogens is 2. The fraction of sp³-hybridized carbons (Fsp3) is 0.300. The molecule has 0 aliphatic rings. The second-order valence-corrected chi connectivity index (χ2v) is 3.67. The number of hydrogen-bond acceptors (Lipinski definition) is 3. The minimum atomic E-state index is -0.297. The summed E-state index contributed by atoms with van der Waals surface area (Å²) in [5, 5.41) is 2.68. The van der Waals surface area contributed by atoms with Crippen LogP contribution in [0.25, 0.3) is 0 Å². The number of rotatable bonds is 3. The molecule has 4 nitrogen and oxygen atoms in total. The summed E-state index contributed by atoms with van der Waals surface area (Å²) in [6.45, 7) is 1.90. The summed E-state index contributed by atoms with van der Waals surface area (Å²) in [6.07, 6.45) is 8.75. The van der Waals surface area contributed by atoms with Crippen LogP contribution in [-0.2, 0) is 0 Å². The van der Waals surface area contributed by atoms with Crippen LogP contribution in [0.4, 0.5) is 0 Å². The van der Waals surface area contributed by atoms with Crippen molar-refractivity contribution in [3.63, 3.8) is 0 Å². The first-order valence-corrected chi connectivity index (χ1v) is 5.20. The summed E-state index contributed by atoms with van der Waals surface area (Å²) in [6, 6.07) is -0.264. The highest BCUT2D eigenvalue weighted by Gasteiger charge is 2.13. The van der Waals surface area contributed by atoms with Crippen molar-refractivity contribution in [2.24, 2.45) is 0 Å². The van der Waals surface area contributed by atoms with Crippen LogP contribution < -0.4 is 5.32 Å². The zero-order valence-electron chi connectivity index (χ0n) is 8.20. The van der Waals surface area contributed by atoms with Crippen LogP contribution in [0.1, 0.15) is 23.8 Å². The molecule has 1 N–H and O–H groups in total. The van der Waals surface area contributed by atoms with Crippen molar-refractivity contribution in [3.05, 3.63) is 22.7 Å². The van der Waals surface area contributed by atoms with Crippen molar-refractivity contribution >= 4 is 21.8 Å². The Morgan fingerprint density at radius 3 is 3.07 bits per heavy atom. The standard InChI is InChI=1S/C10H10BrN3O/c1-3-7(4-2)14-10(15)9-8(11)5-12-6-13-9/h1,5-7H,4H2,2H3,(H,14,15). The molecule has 78 valence electrons. The smallest absolute Gasteiger partial charge is 0.272 e. The lowest BCUT2D eigenvalue weighted by Crippen LogP contribution is -2.33. The second-order valence-electron chi connectivity index (χ2n) is 2.82. The molecule has 0 aliphatic heterocycles. The van der Waals surface area contributed by atoms with Gasteiger partial charge in [-0.1, -0.05) is 12.8 Å². The van der Waals surface area contributed by atoms with Crippen molar-refractivity contribution in [1.82, 2.24) is 15.3 Å². The largest absolute Gasteiger partial charge is 0.337 e. The van der Waals surface area contributed by atoms with Gasteiger partial charge in [0.25, 0.3) is 5.91 Å². The van der Waals surface area contributed by atoms with Gasteiger partial charge in [-0.25, -0.2) is 9.97 Å². The maximum atomic E-state index is 11.7. The molecule has 1 unspecified atom stereocenters. The topological polar surface area (TPSA) is 54.9 Å². The van der Waals surface area contributed by atoms with Crippen LogP contribution in [0, 0.1) is 12.3 Å². The van der Waals surface area contributed by atoms with Crippen molar-refractivity contribution in [3.8, 4) is 12.3 Å². The quantitative estimate of drug-likeness (QED) is 0.842. The first-order chi connectivity index (χ1) is 7.19. The molecule has 0 fully saturated rings. The van der Waals surface area contributed by atoms with E-state index in [0.717, 1.165) is 0 Å². The average molecular weight is 268 g/mol. The summed E-state index contributed by atoms with van der Waals surface area (Å²) in [4.78, 5) is 19.3. The van der Waals surface area contributed by atoms with Gasteiger partial charge in [0.1, 0.15) is 12.0 Å². The minimum Gasteiger partial charge on any atom is -0.337 e. The number of carbonyl (C=O) groups excluding carboxylic acids is 1. The summed E-state index contributed by atoms with van der Waals surface area (Å²) >= 11 is 3.19. The van der Waals surface area contributed by atoms with Crippen molar-refractivity contribution in [1.29, 1.82) is 0 Å². The number of amides is 1. The molecule has 0 spiro atoms. The van der Waals surface area contributed by atoms with E-state index in [2.05, 4.69) is 37.1 Å². The molecular formula is C10H10BrN3O. The van der Waals surface area contributed by atoms with Gasteiger partial charge >= 0.3 is 0 Å². The molecule has 0 bridgehead atoms. The maximum Gasteiger partial charge on any atom is 0.272 e. The molecule has 1 amide bonds. The van der Waals surface area contributed by atoms with E-state index in [4.69, 9.17) is 6.42 Å². The Morgan fingerprint density at radius 1 is 1.80 bits per heavy atom. The summed E-state index contributed by atoms with van der Waals surface area (Å²) < 4.78 is 0.550. The van der Waals surface area contributed by atoms with Crippen LogP contribution in [0.3, 0.4) is 0 Å². The summed E-state index contributed by atoms with van der Waals surface area (Å²) in [7, 11) is 0. The van der Waals surface area contributed by atoms with Crippen LogP contribution in [0.15, 0.2) is 17.0 Å². The number of nitrogens with one attached hydrogen (secondary N) is 1. The third-order valence-corrected chi connectivity index (χ3v) is 2.38. The number of terminal acetylenes is 1. The Hall–Kier alpha value is -1.41. The predicted octanol–water partition coefficient (Wildman–Crippen LogP) is 1.38. The van der Waals surface area contributed by atoms with Crippen LogP contribution in [-0.4, -0.2) is 21.9 Å². The minimum absolute atomic E-state index is 0.264. The van der Waals surface area contributed by atoms with Gasteiger partial charge in [0.05, 0.1) is 10.5 Å². The molecule has 15 heavy (non-hydrogen) atoms. The zero-order chi connectivity index (χ0) is 11.3. The van der Waals surface area contributed by atoms with E-state index < -0.39 is 0 Å². The lowest BCUT2D eigenvalue weighted by molar-refractivity contribution is 0.0939. The Bertz CT molecular complexity index is 400. The SMILES string of the molecule is C#CC(CC)NC(=O)c1ncncc1Br. The lowest BCUT2D eigenvalue weighted by Gasteiger charge is -2.10. The number of hydrogen-bond donors (Lipinski definition) is 1. The van der Waals surface area contributed by atoms with Gasteiger partial charge in [0, 0.05) is 6.20 Å². The van der Waals surface area contributed by atoms with Gasteiger partial charge < -0.3 is 5.32 Å². The summed E-state index contributed by atoms with van der Waals surface area (Å²) in [5.41, 5.74) is 0.290. The Labute approximate surface area is 96.6 Å². The molecule has 0 aromatic carbocycles. The molecule has 0 saturated heterocycles. The molecule has 1 atom stereocenters. The highest BCUT2D eigenvalue weighted by Crippen LogP contribution is 2.11. The van der Waals surface area contributed by atoms with E-state index in [-0.39, 0.29) is 11.9 Å². The van der Waals surface area contributed by atoms with Gasteiger partial charge in [-0.2, -0.15) is 0 Å². The van der Waals surface area contributed by atoms with E-state index in [9.17, 15) is 4.79 Å². The molecule has 1 aromatic heterocycles. The fourth-order valence-corrected chi connectivity index (χ4v) is 1.37. The van der Waals surface area contributed by atoms with E-state index in [1.807, 2.05) is 6.92 Å². The molecule has 5 heteroatoms. The molecule has 0 radical (unpaired) electrons. The van der Waals surface area contributed by atoms with E-state index in [1.54, 1.807) is 0 Å². The molecule has 1 heterocycles. The number of carbonyl (C=O) groups is 1. The third-order valence-electron chi connectivity index (χ3n) is 1.80. The van der Waals surface area contributed by atoms with Crippen LogP contribution in [0.2, 0.25) is 0 Å². The van der Waals surface area contributed by atoms with Gasteiger partial charge in [-0.3, -0.25) is 4.79 Å². The molecule has 1 rings (SSSR count). The first kappa shape index (κ1) is 11.7. The van der Waals surface area contributed by atoms with E-state index in [0.29, 0.717) is 16.6 Å². The third kappa shape index (κ3) is 3.03. The monoisotopic (exact) mass is 267 g/mol. The van der Waals surface area contributed by atoms with Crippen molar-refractivity contribution < 1.29 is 4.79 Å². The molecular weight excluding hydrogens is 258 g/mol. The van der Waals surface area contributed by atoms with Crippen molar-refractivity contribution in [2.75, 3.05) is 0 Å². The fourth-order valence-electron chi connectivity index (χ4n) is 0.968. The maximum absolute atomic E-state index is 11.7. The van der Waals surface area contributed by atoms with Crippen molar-refractivity contribution in [2.45, 2.75) is 19.4 Å². The predicted molar refractivity (Wildman–Crippen MR) is 60.1 cm³/mol. The highest BCUT2D eigenvalue weighted by molar-refractivity contribution is 9.10. The number of halogens is 1. The normalized spacial score (nSPS) is 11.5. The molecule has 0 aliphatic carbocycles. The van der Waals surface area contributed by atoms with E-state index in [1.165, 1.54) is 12.5 Å². The molecule has 0 saturated carbocycles. The second kappa shape index (κ2) is 5.47. The van der Waals surface area contributed by atoms with Gasteiger partial charge in [0.15, 0.2) is 0 Å². The molecule has 1 aromatic rings. The average Bonchev–Trinajstić information content (AvgIpc) is 2.26. The van der Waals surface area contributed by atoms with E-state index >= 15 is 0 Å². The first-order valence-electron chi connectivity index (χ1n) is 4.41. The number of nitrogens with zero attached hydrogens (tertiary/aromatic N) is 2. The lowest BCUT2D eigenvalue weighted by atomic mass is 10.2. The highest BCUT2D eigenvalue weighted by atomic mass is 79.9. The van der Waals surface area contributed by atoms with Crippen LogP contribution >= 0.6 is 15.9 Å². The Morgan fingerprint density at radius 2 is 2.53 bits per heavy atom. The van der Waals surface area contributed by atoms with Gasteiger partial charge in [-0.05, 0) is 22.4 Å². The Kier molecular flexibility index (Phi) is 4.25. The summed E-state index contributed by atoms with van der Waals surface area (Å²) in [5.74, 6) is 2.18. The van der Waals surface area contributed by atoms with Gasteiger partial charge in [0.2, 0.25) is 0 Å². The van der Waals surface area contributed by atoms with Gasteiger partial charge in [-0.15, -0.1) is 6.42 Å². The Balaban J connectivity index is 2.79. The van der Waals surface area contributed by atoms with Crippen LogP contribution in [0.5, 0.6) is 0 Å².